The van der Waals surface area contributed by atoms with E-state index in [2.05, 4.69) is 21.8 Å². The first-order valence-corrected chi connectivity index (χ1v) is 10.2. The molecule has 1 aromatic carbocycles. The molecule has 2 heterocycles. The molecule has 2 fully saturated rings. The summed E-state index contributed by atoms with van der Waals surface area (Å²) in [4.78, 5) is 2.24. The molecule has 0 unspecified atom stereocenters. The van der Waals surface area contributed by atoms with E-state index in [4.69, 9.17) is 5.11 Å². The van der Waals surface area contributed by atoms with E-state index in [9.17, 15) is 8.42 Å². The van der Waals surface area contributed by atoms with Crippen LogP contribution in [0.3, 0.4) is 0 Å². The molecule has 142 valence electrons. The monoisotopic (exact) mass is 389 g/mol. The van der Waals surface area contributed by atoms with Gasteiger partial charge in [-0.05, 0) is 24.8 Å². The minimum atomic E-state index is -3.42. The van der Waals surface area contributed by atoms with Gasteiger partial charge in [0.1, 0.15) is 0 Å². The standard InChI is InChI=1S/C17H27N3O3S.ClH/c21-12-6-9-19-13-16(15-7-2-1-3-8-15)17(14-19)18-24(22,23)20-10-4-5-11-20;/h1-3,7-8,16-18,21H,4-6,9-14H2;1H/t16-,17+;/m1./s1. The molecule has 6 nitrogen and oxygen atoms in total. The van der Waals surface area contributed by atoms with E-state index in [1.807, 2.05) is 18.2 Å². The molecular weight excluding hydrogens is 362 g/mol. The van der Waals surface area contributed by atoms with Gasteiger partial charge in [-0.25, -0.2) is 0 Å². The molecule has 3 rings (SSSR count). The normalized spacial score (nSPS) is 25.2. The van der Waals surface area contributed by atoms with Gasteiger partial charge in [0.15, 0.2) is 0 Å². The molecule has 0 radical (unpaired) electrons. The van der Waals surface area contributed by atoms with Gasteiger partial charge in [0.25, 0.3) is 10.2 Å². The summed E-state index contributed by atoms with van der Waals surface area (Å²) in [6.45, 7) is 3.70. The van der Waals surface area contributed by atoms with E-state index in [1.165, 1.54) is 0 Å². The lowest BCUT2D eigenvalue weighted by Gasteiger charge is -2.24. The zero-order chi connectivity index (χ0) is 17.0. The van der Waals surface area contributed by atoms with Crippen molar-refractivity contribution in [2.45, 2.75) is 31.2 Å². The van der Waals surface area contributed by atoms with Crippen molar-refractivity contribution in [1.29, 1.82) is 0 Å². The van der Waals surface area contributed by atoms with Crippen molar-refractivity contribution < 1.29 is 13.5 Å². The van der Waals surface area contributed by atoms with E-state index in [0.717, 1.165) is 31.5 Å². The fraction of sp³-hybridized carbons (Fsp3) is 0.647. The quantitative estimate of drug-likeness (QED) is 0.734. The highest BCUT2D eigenvalue weighted by Gasteiger charge is 2.37. The summed E-state index contributed by atoms with van der Waals surface area (Å²) in [6.07, 6.45) is 2.60. The Kier molecular flexibility index (Phi) is 7.67. The second kappa shape index (κ2) is 9.30. The molecule has 0 bridgehead atoms. The van der Waals surface area contributed by atoms with Crippen LogP contribution in [0.4, 0.5) is 0 Å². The summed E-state index contributed by atoms with van der Waals surface area (Å²) < 4.78 is 29.8. The summed E-state index contributed by atoms with van der Waals surface area (Å²) in [5.41, 5.74) is 1.16. The van der Waals surface area contributed by atoms with Crippen LogP contribution in [0.25, 0.3) is 0 Å². The van der Waals surface area contributed by atoms with Gasteiger partial charge < -0.3 is 10.0 Å². The molecule has 0 saturated carbocycles. The minimum Gasteiger partial charge on any atom is -0.396 e. The van der Waals surface area contributed by atoms with Crippen LogP contribution in [0.15, 0.2) is 30.3 Å². The molecule has 8 heteroatoms. The smallest absolute Gasteiger partial charge is 0.279 e. The molecule has 0 aliphatic carbocycles. The topological polar surface area (TPSA) is 72.9 Å². The maximum Gasteiger partial charge on any atom is 0.279 e. The van der Waals surface area contributed by atoms with E-state index >= 15 is 0 Å². The van der Waals surface area contributed by atoms with Crippen LogP contribution in [0.5, 0.6) is 0 Å². The van der Waals surface area contributed by atoms with Gasteiger partial charge in [-0.15, -0.1) is 12.4 Å². The molecule has 2 saturated heterocycles. The molecule has 0 amide bonds. The average Bonchev–Trinajstić information content (AvgIpc) is 3.24. The first-order valence-electron chi connectivity index (χ1n) is 8.76. The number of nitrogens with zero attached hydrogens (tertiary/aromatic N) is 2. The first kappa shape index (κ1) is 20.6. The Bertz CT molecular complexity index is 623. The summed E-state index contributed by atoms with van der Waals surface area (Å²) >= 11 is 0. The zero-order valence-corrected chi connectivity index (χ0v) is 16.0. The van der Waals surface area contributed by atoms with E-state index in [0.29, 0.717) is 26.1 Å². The van der Waals surface area contributed by atoms with E-state index < -0.39 is 10.2 Å². The Morgan fingerprint density at radius 1 is 1.12 bits per heavy atom. The average molecular weight is 390 g/mol. The first-order chi connectivity index (χ1) is 11.6. The number of benzene rings is 1. The summed E-state index contributed by atoms with van der Waals surface area (Å²) in [7, 11) is -3.42. The molecule has 2 aliphatic heterocycles. The van der Waals surface area contributed by atoms with Crippen molar-refractivity contribution in [3.05, 3.63) is 35.9 Å². The van der Waals surface area contributed by atoms with Crippen molar-refractivity contribution in [3.63, 3.8) is 0 Å². The summed E-state index contributed by atoms with van der Waals surface area (Å²) in [5.74, 6) is 0.141. The van der Waals surface area contributed by atoms with Gasteiger partial charge in [0, 0.05) is 51.3 Å². The molecule has 2 N–H and O–H groups in total. The van der Waals surface area contributed by atoms with Crippen LogP contribution in [-0.4, -0.2) is 68.1 Å². The van der Waals surface area contributed by atoms with Crippen molar-refractivity contribution >= 4 is 22.6 Å². The van der Waals surface area contributed by atoms with Gasteiger partial charge in [0.2, 0.25) is 0 Å². The third-order valence-corrected chi connectivity index (χ3v) is 6.61. The maximum absolute atomic E-state index is 12.6. The van der Waals surface area contributed by atoms with Gasteiger partial charge in [-0.3, -0.25) is 0 Å². The zero-order valence-electron chi connectivity index (χ0n) is 14.4. The summed E-state index contributed by atoms with van der Waals surface area (Å²) in [6, 6.07) is 9.98. The Hall–Kier alpha value is -0.700. The molecule has 2 aliphatic rings. The highest BCUT2D eigenvalue weighted by Crippen LogP contribution is 2.28. The third kappa shape index (κ3) is 5.15. The third-order valence-electron chi connectivity index (χ3n) is 4.96. The number of hydrogen-bond donors (Lipinski definition) is 2. The van der Waals surface area contributed by atoms with Crippen molar-refractivity contribution in [3.8, 4) is 0 Å². The van der Waals surface area contributed by atoms with Crippen LogP contribution in [0.2, 0.25) is 0 Å². The Labute approximate surface area is 156 Å². The largest absolute Gasteiger partial charge is 0.396 e. The van der Waals surface area contributed by atoms with E-state index in [-0.39, 0.29) is 31.0 Å². The molecular formula is C17H28ClN3O3S. The van der Waals surface area contributed by atoms with Crippen LogP contribution < -0.4 is 4.72 Å². The number of nitrogens with one attached hydrogen (secondary N) is 1. The Balaban J connectivity index is 0.00000225. The van der Waals surface area contributed by atoms with Crippen LogP contribution in [-0.2, 0) is 10.2 Å². The van der Waals surface area contributed by atoms with Gasteiger partial charge in [0.05, 0.1) is 0 Å². The number of rotatable bonds is 7. The molecule has 2 atom stereocenters. The summed E-state index contributed by atoms with van der Waals surface area (Å²) in [5, 5.41) is 9.06. The van der Waals surface area contributed by atoms with Crippen LogP contribution in [0, 0.1) is 0 Å². The van der Waals surface area contributed by atoms with Crippen LogP contribution >= 0.6 is 12.4 Å². The predicted molar refractivity (Wildman–Crippen MR) is 101 cm³/mol. The number of likely N-dealkylation sites (tertiary alicyclic amines) is 1. The number of aliphatic hydroxyl groups is 1. The Morgan fingerprint density at radius 3 is 2.44 bits per heavy atom. The number of aliphatic hydroxyl groups excluding tert-OH is 1. The Morgan fingerprint density at radius 2 is 1.80 bits per heavy atom. The number of hydrogen-bond acceptors (Lipinski definition) is 4. The fourth-order valence-electron chi connectivity index (χ4n) is 3.71. The predicted octanol–water partition coefficient (Wildman–Crippen LogP) is 1.19. The van der Waals surface area contributed by atoms with Crippen molar-refractivity contribution in [2.75, 3.05) is 39.3 Å². The van der Waals surface area contributed by atoms with E-state index in [1.54, 1.807) is 4.31 Å². The van der Waals surface area contributed by atoms with Gasteiger partial charge >= 0.3 is 0 Å². The van der Waals surface area contributed by atoms with Crippen molar-refractivity contribution in [2.24, 2.45) is 0 Å². The van der Waals surface area contributed by atoms with Gasteiger partial charge in [-0.2, -0.15) is 17.4 Å². The molecule has 0 spiro atoms. The lowest BCUT2D eigenvalue weighted by molar-refractivity contribution is 0.245. The SMILES string of the molecule is Cl.O=S(=O)(N[C@H]1CN(CCCO)C[C@@H]1c1ccccc1)N1CCCC1. The molecule has 1 aromatic rings. The maximum atomic E-state index is 12.6. The molecule has 0 aromatic heterocycles. The second-order valence-electron chi connectivity index (χ2n) is 6.69. The van der Waals surface area contributed by atoms with Crippen molar-refractivity contribution in [1.82, 2.24) is 13.9 Å². The fourth-order valence-corrected chi connectivity index (χ4v) is 5.22. The van der Waals surface area contributed by atoms with Gasteiger partial charge in [-0.1, -0.05) is 30.3 Å². The molecule has 25 heavy (non-hydrogen) atoms. The second-order valence-corrected chi connectivity index (χ2v) is 8.39. The minimum absolute atomic E-state index is 0. The number of halogens is 1. The highest BCUT2D eigenvalue weighted by atomic mass is 35.5. The lowest BCUT2D eigenvalue weighted by Crippen LogP contribution is -2.46. The lowest BCUT2D eigenvalue weighted by atomic mass is 9.95. The highest BCUT2D eigenvalue weighted by molar-refractivity contribution is 7.87. The van der Waals surface area contributed by atoms with Crippen LogP contribution in [0.1, 0.15) is 30.7 Å².